The van der Waals surface area contributed by atoms with E-state index in [9.17, 15) is 14.9 Å². The van der Waals surface area contributed by atoms with Gasteiger partial charge in [0, 0.05) is 17.8 Å². The molecule has 0 aliphatic heterocycles. The molecule has 0 atom stereocenters. The summed E-state index contributed by atoms with van der Waals surface area (Å²) in [5, 5.41) is 19.2. The molecule has 2 rings (SSSR count). The molecular formula is C11H9N3O4. The van der Waals surface area contributed by atoms with Gasteiger partial charge in [-0.3, -0.25) is 14.5 Å². The van der Waals surface area contributed by atoms with Crippen molar-refractivity contribution in [2.45, 2.75) is 6.92 Å². The Morgan fingerprint density at radius 2 is 2.28 bits per heavy atom. The Morgan fingerprint density at radius 1 is 1.56 bits per heavy atom. The number of aromatic nitrogens is 2. The minimum absolute atomic E-state index is 0.0447. The van der Waals surface area contributed by atoms with Crippen LogP contribution in [0.3, 0.4) is 0 Å². The van der Waals surface area contributed by atoms with Crippen molar-refractivity contribution < 1.29 is 14.8 Å². The summed E-state index contributed by atoms with van der Waals surface area (Å²) in [6.07, 6.45) is 3.69. The fourth-order valence-electron chi connectivity index (χ4n) is 1.59. The van der Waals surface area contributed by atoms with Crippen LogP contribution in [0, 0.1) is 17.0 Å². The summed E-state index contributed by atoms with van der Waals surface area (Å²) in [4.78, 5) is 24.8. The Balaban J connectivity index is 2.56. The monoisotopic (exact) mass is 247 g/mol. The van der Waals surface area contributed by atoms with Gasteiger partial charge in [-0.05, 0) is 19.1 Å². The summed E-state index contributed by atoms with van der Waals surface area (Å²) in [5.74, 6) is -1.07. The normalized spacial score (nSPS) is 11.2. The maximum atomic E-state index is 10.7. The minimum Gasteiger partial charge on any atom is -0.478 e. The first-order valence-electron chi connectivity index (χ1n) is 5.03. The number of nitrogens with zero attached hydrogens (tertiary/aromatic N) is 3. The summed E-state index contributed by atoms with van der Waals surface area (Å²) in [6, 6.07) is 2.87. The number of rotatable bonds is 3. The Hall–Kier alpha value is -2.70. The minimum atomic E-state index is -1.07. The average molecular weight is 247 g/mol. The summed E-state index contributed by atoms with van der Waals surface area (Å²) >= 11 is 0. The van der Waals surface area contributed by atoms with Crippen molar-refractivity contribution in [1.29, 1.82) is 0 Å². The molecule has 0 saturated heterocycles. The number of aliphatic carboxylic acids is 1. The van der Waals surface area contributed by atoms with Crippen LogP contribution in [-0.2, 0) is 4.79 Å². The molecule has 1 N–H and O–H groups in total. The maximum Gasteiger partial charge on any atom is 0.328 e. The van der Waals surface area contributed by atoms with Crippen LogP contribution in [-0.4, -0.2) is 25.4 Å². The van der Waals surface area contributed by atoms with E-state index in [-0.39, 0.29) is 5.69 Å². The van der Waals surface area contributed by atoms with Crippen molar-refractivity contribution in [1.82, 2.24) is 9.38 Å². The lowest BCUT2D eigenvalue weighted by Crippen LogP contribution is -1.93. The highest BCUT2D eigenvalue weighted by atomic mass is 16.6. The molecule has 2 aromatic rings. The van der Waals surface area contributed by atoms with Crippen molar-refractivity contribution >= 4 is 23.4 Å². The molecule has 0 spiro atoms. The lowest BCUT2D eigenvalue weighted by molar-refractivity contribution is -0.385. The van der Waals surface area contributed by atoms with Gasteiger partial charge in [-0.25, -0.2) is 9.78 Å². The van der Waals surface area contributed by atoms with Crippen LogP contribution in [0.25, 0.3) is 11.7 Å². The highest BCUT2D eigenvalue weighted by Crippen LogP contribution is 2.18. The van der Waals surface area contributed by atoms with Gasteiger partial charge in [-0.15, -0.1) is 0 Å². The Kier molecular flexibility index (Phi) is 2.80. The van der Waals surface area contributed by atoms with Gasteiger partial charge < -0.3 is 5.11 Å². The fraction of sp³-hybridized carbons (Fsp3) is 0.0909. The van der Waals surface area contributed by atoms with Crippen LogP contribution in [0.15, 0.2) is 24.4 Å². The van der Waals surface area contributed by atoms with Gasteiger partial charge >= 0.3 is 5.97 Å². The first-order chi connectivity index (χ1) is 8.49. The number of imidazole rings is 1. The van der Waals surface area contributed by atoms with E-state index in [1.807, 2.05) is 0 Å². The summed E-state index contributed by atoms with van der Waals surface area (Å²) in [7, 11) is 0. The van der Waals surface area contributed by atoms with E-state index >= 15 is 0 Å². The van der Waals surface area contributed by atoms with Gasteiger partial charge in [0.25, 0.3) is 5.69 Å². The third-order valence-electron chi connectivity index (χ3n) is 2.47. The zero-order valence-corrected chi connectivity index (χ0v) is 9.40. The Bertz CT molecular complexity index is 672. The number of hydrogen-bond donors (Lipinski definition) is 1. The predicted molar refractivity (Wildman–Crippen MR) is 63.3 cm³/mol. The van der Waals surface area contributed by atoms with Crippen LogP contribution >= 0.6 is 0 Å². The molecule has 92 valence electrons. The lowest BCUT2D eigenvalue weighted by atomic mass is 10.3. The molecule has 0 aliphatic carbocycles. The standard InChI is InChI=1S/C11H9N3O4/c1-7-9(3-5-11(15)16)12-10-4-2-8(14(17)18)6-13(7)10/h2-6H,1H3,(H,15,16)/b5-3+. The van der Waals surface area contributed by atoms with Crippen molar-refractivity contribution in [3.05, 3.63) is 45.9 Å². The molecule has 7 heteroatoms. The highest BCUT2D eigenvalue weighted by molar-refractivity contribution is 5.85. The molecule has 0 radical (unpaired) electrons. The van der Waals surface area contributed by atoms with Gasteiger partial charge in [-0.2, -0.15) is 0 Å². The van der Waals surface area contributed by atoms with Crippen LogP contribution in [0.1, 0.15) is 11.4 Å². The number of carboxylic acid groups (broad SMARTS) is 1. The van der Waals surface area contributed by atoms with Crippen molar-refractivity contribution in [2.75, 3.05) is 0 Å². The van der Waals surface area contributed by atoms with Gasteiger partial charge in [0.05, 0.1) is 16.8 Å². The Morgan fingerprint density at radius 3 is 2.89 bits per heavy atom. The molecule has 0 amide bonds. The lowest BCUT2D eigenvalue weighted by Gasteiger charge is -1.96. The number of aryl methyl sites for hydroxylation is 1. The van der Waals surface area contributed by atoms with Crippen molar-refractivity contribution in [3.8, 4) is 0 Å². The van der Waals surface area contributed by atoms with E-state index in [1.54, 1.807) is 11.3 Å². The fourth-order valence-corrected chi connectivity index (χ4v) is 1.59. The molecule has 0 aromatic carbocycles. The number of nitro groups is 1. The molecular weight excluding hydrogens is 238 g/mol. The van der Waals surface area contributed by atoms with Gasteiger partial charge in [0.2, 0.25) is 0 Å². The Labute approximate surface area is 101 Å². The first-order valence-corrected chi connectivity index (χ1v) is 5.03. The second kappa shape index (κ2) is 4.28. The topological polar surface area (TPSA) is 97.7 Å². The molecule has 0 bridgehead atoms. The summed E-state index contributed by atoms with van der Waals surface area (Å²) < 4.78 is 1.56. The molecule has 2 heterocycles. The zero-order chi connectivity index (χ0) is 13.3. The van der Waals surface area contributed by atoms with Crippen LogP contribution in [0.4, 0.5) is 5.69 Å². The van der Waals surface area contributed by atoms with Gasteiger partial charge in [0.1, 0.15) is 5.65 Å². The largest absolute Gasteiger partial charge is 0.478 e. The number of carboxylic acids is 1. The second-order valence-corrected chi connectivity index (χ2v) is 3.63. The van der Waals surface area contributed by atoms with Crippen LogP contribution in [0.5, 0.6) is 0 Å². The molecule has 7 nitrogen and oxygen atoms in total. The molecule has 0 unspecified atom stereocenters. The summed E-state index contributed by atoms with van der Waals surface area (Å²) in [5.41, 5.74) is 1.60. The van der Waals surface area contributed by atoms with E-state index in [2.05, 4.69) is 4.98 Å². The van der Waals surface area contributed by atoms with E-state index in [4.69, 9.17) is 5.11 Å². The molecule has 0 saturated carbocycles. The third-order valence-corrected chi connectivity index (χ3v) is 2.47. The number of pyridine rings is 1. The summed E-state index contributed by atoms with van der Waals surface area (Å²) in [6.45, 7) is 1.71. The SMILES string of the molecule is Cc1c(/C=C/C(=O)O)nc2ccc([N+](=O)[O-])cn12. The van der Waals surface area contributed by atoms with E-state index in [0.29, 0.717) is 17.0 Å². The average Bonchev–Trinajstić information content (AvgIpc) is 2.63. The smallest absolute Gasteiger partial charge is 0.328 e. The van der Waals surface area contributed by atoms with Crippen molar-refractivity contribution in [3.63, 3.8) is 0 Å². The molecule has 18 heavy (non-hydrogen) atoms. The second-order valence-electron chi connectivity index (χ2n) is 3.63. The molecule has 0 aliphatic rings. The number of carbonyl (C=O) groups is 1. The maximum absolute atomic E-state index is 10.7. The van der Waals surface area contributed by atoms with Crippen LogP contribution < -0.4 is 0 Å². The molecule has 2 aromatic heterocycles. The third kappa shape index (κ3) is 2.05. The van der Waals surface area contributed by atoms with Gasteiger partial charge in [-0.1, -0.05) is 0 Å². The van der Waals surface area contributed by atoms with Crippen molar-refractivity contribution in [2.24, 2.45) is 0 Å². The number of hydrogen-bond acceptors (Lipinski definition) is 4. The van der Waals surface area contributed by atoms with Gasteiger partial charge in [0.15, 0.2) is 0 Å². The predicted octanol–water partition coefficient (Wildman–Crippen LogP) is 1.65. The van der Waals surface area contributed by atoms with E-state index in [0.717, 1.165) is 6.08 Å². The zero-order valence-electron chi connectivity index (χ0n) is 9.40. The first kappa shape index (κ1) is 11.8. The number of fused-ring (bicyclic) bond motifs is 1. The quantitative estimate of drug-likeness (QED) is 0.505. The van der Waals surface area contributed by atoms with E-state index < -0.39 is 10.9 Å². The highest BCUT2D eigenvalue weighted by Gasteiger charge is 2.11. The van der Waals surface area contributed by atoms with E-state index in [1.165, 1.54) is 24.4 Å². The van der Waals surface area contributed by atoms with Crippen LogP contribution in [0.2, 0.25) is 0 Å². The molecule has 0 fully saturated rings.